The summed E-state index contributed by atoms with van der Waals surface area (Å²) in [6.07, 6.45) is 0.764. The normalized spacial score (nSPS) is 10.4. The lowest BCUT2D eigenvalue weighted by Gasteiger charge is -2.08. The number of rotatable bonds is 7. The average Bonchev–Trinajstić information content (AvgIpc) is 2.72. The molecule has 1 amide bonds. The molecule has 3 rings (SSSR count). The molecule has 0 aliphatic rings. The van der Waals surface area contributed by atoms with E-state index in [2.05, 4.69) is 20.8 Å². The van der Waals surface area contributed by atoms with Crippen LogP contribution in [-0.4, -0.2) is 29.8 Å². The van der Waals surface area contributed by atoms with Crippen molar-refractivity contribution in [1.29, 1.82) is 0 Å². The number of para-hydroxylation sites is 1. The molecule has 3 aromatic rings. The number of aromatic nitrogens is 2. The molecule has 0 radical (unpaired) electrons. The van der Waals surface area contributed by atoms with E-state index in [9.17, 15) is 13.6 Å². The zero-order valence-corrected chi connectivity index (χ0v) is 15.1. The SMILES string of the molecule is COc1ccc(CCNc2ccc(C(=O)Nc3c(F)cccc3F)nn2)cc1. The maximum atomic E-state index is 13.6. The van der Waals surface area contributed by atoms with Crippen LogP contribution in [-0.2, 0) is 6.42 Å². The van der Waals surface area contributed by atoms with Gasteiger partial charge >= 0.3 is 0 Å². The van der Waals surface area contributed by atoms with Crippen LogP contribution in [0.2, 0.25) is 0 Å². The monoisotopic (exact) mass is 384 g/mol. The first-order chi connectivity index (χ1) is 13.6. The number of hydrogen-bond donors (Lipinski definition) is 2. The fourth-order valence-electron chi connectivity index (χ4n) is 2.47. The zero-order chi connectivity index (χ0) is 19.9. The summed E-state index contributed by atoms with van der Waals surface area (Å²) in [6.45, 7) is 0.618. The number of carbonyl (C=O) groups is 1. The Balaban J connectivity index is 1.54. The molecule has 0 saturated heterocycles. The summed E-state index contributed by atoms with van der Waals surface area (Å²) in [5.41, 5.74) is 0.559. The highest BCUT2D eigenvalue weighted by Gasteiger charge is 2.14. The number of nitrogens with zero attached hydrogens (tertiary/aromatic N) is 2. The number of anilines is 2. The summed E-state index contributed by atoms with van der Waals surface area (Å²) < 4.78 is 32.3. The molecule has 144 valence electrons. The number of hydrogen-bond acceptors (Lipinski definition) is 5. The van der Waals surface area contributed by atoms with Crippen molar-refractivity contribution in [2.45, 2.75) is 6.42 Å². The number of amides is 1. The minimum absolute atomic E-state index is 0.0524. The lowest BCUT2D eigenvalue weighted by Crippen LogP contribution is -2.17. The topological polar surface area (TPSA) is 76.1 Å². The predicted molar refractivity (Wildman–Crippen MR) is 102 cm³/mol. The van der Waals surface area contributed by atoms with Gasteiger partial charge in [0.2, 0.25) is 0 Å². The largest absolute Gasteiger partial charge is 0.497 e. The standard InChI is InChI=1S/C20H18F2N4O2/c1-28-14-7-5-13(6-8-14)11-12-23-18-10-9-17(25-26-18)20(27)24-19-15(21)3-2-4-16(19)22/h2-10H,11-12H2,1H3,(H,23,26)(H,24,27). The number of ether oxygens (including phenoxy) is 1. The van der Waals surface area contributed by atoms with Crippen molar-refractivity contribution in [2.24, 2.45) is 0 Å². The van der Waals surface area contributed by atoms with Crippen LogP contribution in [0, 0.1) is 11.6 Å². The van der Waals surface area contributed by atoms with Gasteiger partial charge in [0.05, 0.1) is 7.11 Å². The van der Waals surface area contributed by atoms with Crippen LogP contribution in [0.5, 0.6) is 5.75 Å². The second kappa shape index (κ2) is 8.90. The summed E-state index contributed by atoms with van der Waals surface area (Å²) in [7, 11) is 1.62. The molecular weight excluding hydrogens is 366 g/mol. The fourth-order valence-corrected chi connectivity index (χ4v) is 2.47. The number of carbonyl (C=O) groups excluding carboxylic acids is 1. The first-order valence-electron chi connectivity index (χ1n) is 8.52. The van der Waals surface area contributed by atoms with Crippen LogP contribution in [0.4, 0.5) is 20.3 Å². The molecule has 0 unspecified atom stereocenters. The highest BCUT2D eigenvalue weighted by Crippen LogP contribution is 2.18. The fraction of sp³-hybridized carbons (Fsp3) is 0.150. The van der Waals surface area contributed by atoms with Crippen molar-refractivity contribution in [3.63, 3.8) is 0 Å². The van der Waals surface area contributed by atoms with Gasteiger partial charge in [0.1, 0.15) is 28.9 Å². The van der Waals surface area contributed by atoms with Crippen molar-refractivity contribution in [2.75, 3.05) is 24.3 Å². The molecule has 1 heterocycles. The van der Waals surface area contributed by atoms with Gasteiger partial charge in [-0.1, -0.05) is 18.2 Å². The van der Waals surface area contributed by atoms with Crippen LogP contribution in [0.25, 0.3) is 0 Å². The predicted octanol–water partition coefficient (Wildman–Crippen LogP) is 3.67. The summed E-state index contributed by atoms with van der Waals surface area (Å²) in [6, 6.07) is 14.1. The van der Waals surface area contributed by atoms with Crippen LogP contribution >= 0.6 is 0 Å². The quantitative estimate of drug-likeness (QED) is 0.650. The number of benzene rings is 2. The highest BCUT2D eigenvalue weighted by molar-refractivity contribution is 6.02. The minimum atomic E-state index is -0.863. The van der Waals surface area contributed by atoms with Gasteiger partial charge in [0, 0.05) is 6.54 Å². The first kappa shape index (κ1) is 19.2. The Morgan fingerprint density at radius 2 is 1.71 bits per heavy atom. The Bertz CT molecular complexity index is 927. The summed E-state index contributed by atoms with van der Waals surface area (Å²) in [4.78, 5) is 12.1. The van der Waals surface area contributed by atoms with Gasteiger partial charge in [-0.3, -0.25) is 4.79 Å². The number of methoxy groups -OCH3 is 1. The third-order valence-electron chi connectivity index (χ3n) is 3.98. The zero-order valence-electron chi connectivity index (χ0n) is 15.1. The van der Waals surface area contributed by atoms with E-state index >= 15 is 0 Å². The summed E-state index contributed by atoms with van der Waals surface area (Å²) >= 11 is 0. The van der Waals surface area contributed by atoms with Gasteiger partial charge in [-0.25, -0.2) is 8.78 Å². The Morgan fingerprint density at radius 1 is 1.00 bits per heavy atom. The van der Waals surface area contributed by atoms with Gasteiger partial charge in [0.15, 0.2) is 5.69 Å². The molecule has 6 nitrogen and oxygen atoms in total. The van der Waals surface area contributed by atoms with Crippen LogP contribution in [0.3, 0.4) is 0 Å². The van der Waals surface area contributed by atoms with Crippen molar-refractivity contribution >= 4 is 17.4 Å². The van der Waals surface area contributed by atoms with Crippen molar-refractivity contribution in [3.05, 3.63) is 77.5 Å². The van der Waals surface area contributed by atoms with E-state index in [1.54, 1.807) is 13.2 Å². The third-order valence-corrected chi connectivity index (χ3v) is 3.98. The maximum Gasteiger partial charge on any atom is 0.276 e. The van der Waals surface area contributed by atoms with Gasteiger partial charge in [0.25, 0.3) is 5.91 Å². The Labute approximate surface area is 160 Å². The van der Waals surface area contributed by atoms with Gasteiger partial charge in [-0.2, -0.15) is 0 Å². The van der Waals surface area contributed by atoms with Gasteiger partial charge < -0.3 is 15.4 Å². The number of halogens is 2. The lowest BCUT2D eigenvalue weighted by molar-refractivity contribution is 0.102. The van der Waals surface area contributed by atoms with E-state index in [0.29, 0.717) is 12.4 Å². The summed E-state index contributed by atoms with van der Waals surface area (Å²) in [5, 5.41) is 13.0. The molecule has 1 aromatic heterocycles. The molecule has 28 heavy (non-hydrogen) atoms. The van der Waals surface area contributed by atoms with Crippen molar-refractivity contribution in [3.8, 4) is 5.75 Å². The van der Waals surface area contributed by atoms with E-state index in [4.69, 9.17) is 4.74 Å². The molecular formula is C20H18F2N4O2. The molecule has 0 fully saturated rings. The molecule has 0 atom stereocenters. The second-order valence-corrected chi connectivity index (χ2v) is 5.88. The second-order valence-electron chi connectivity index (χ2n) is 5.88. The lowest BCUT2D eigenvalue weighted by atomic mass is 10.1. The smallest absolute Gasteiger partial charge is 0.276 e. The molecule has 2 aromatic carbocycles. The molecule has 8 heteroatoms. The van der Waals surface area contributed by atoms with Crippen LogP contribution < -0.4 is 15.4 Å². The highest BCUT2D eigenvalue weighted by atomic mass is 19.1. The van der Waals surface area contributed by atoms with E-state index in [1.165, 1.54) is 12.1 Å². The molecule has 2 N–H and O–H groups in total. The molecule has 0 saturated carbocycles. The first-order valence-corrected chi connectivity index (χ1v) is 8.52. The average molecular weight is 384 g/mol. The molecule has 0 spiro atoms. The van der Waals surface area contributed by atoms with Crippen LogP contribution in [0.1, 0.15) is 16.1 Å². The Kier molecular flexibility index (Phi) is 6.11. The third kappa shape index (κ3) is 4.79. The summed E-state index contributed by atoms with van der Waals surface area (Å²) in [5.74, 6) is -1.19. The molecule has 0 bridgehead atoms. The number of nitrogens with one attached hydrogen (secondary N) is 2. The minimum Gasteiger partial charge on any atom is -0.497 e. The van der Waals surface area contributed by atoms with E-state index < -0.39 is 23.2 Å². The Morgan fingerprint density at radius 3 is 2.32 bits per heavy atom. The van der Waals surface area contributed by atoms with E-state index in [1.807, 2.05) is 24.3 Å². The van der Waals surface area contributed by atoms with E-state index in [-0.39, 0.29) is 5.69 Å². The van der Waals surface area contributed by atoms with Crippen LogP contribution in [0.15, 0.2) is 54.6 Å². The maximum absolute atomic E-state index is 13.6. The van der Waals surface area contributed by atoms with Gasteiger partial charge in [-0.05, 0) is 48.4 Å². The van der Waals surface area contributed by atoms with Crippen molar-refractivity contribution < 1.29 is 18.3 Å². The molecule has 0 aliphatic heterocycles. The van der Waals surface area contributed by atoms with Crippen molar-refractivity contribution in [1.82, 2.24) is 10.2 Å². The van der Waals surface area contributed by atoms with Gasteiger partial charge in [-0.15, -0.1) is 10.2 Å². The Hall–Kier alpha value is -3.55. The van der Waals surface area contributed by atoms with E-state index in [0.717, 1.165) is 29.9 Å². The molecule has 0 aliphatic carbocycles.